The molecule has 3 saturated heterocycles. The van der Waals surface area contributed by atoms with Crippen molar-refractivity contribution in [2.75, 3.05) is 70.4 Å². The van der Waals surface area contributed by atoms with Crippen LogP contribution >= 0.6 is 30.5 Å². The lowest BCUT2D eigenvalue weighted by atomic mass is 10.0. The van der Waals surface area contributed by atoms with Gasteiger partial charge in [0.1, 0.15) is 24.8 Å². The average Bonchev–Trinajstić information content (AvgIpc) is 3.59. The molecule has 0 saturated carbocycles. The molecule has 1 N–H and O–H groups in total. The van der Waals surface area contributed by atoms with Crippen molar-refractivity contribution in [1.82, 2.24) is 30.0 Å². The summed E-state index contributed by atoms with van der Waals surface area (Å²) in [5, 5.41) is 3.67. The van der Waals surface area contributed by atoms with Crippen LogP contribution in [-0.2, 0) is 38.3 Å². The number of nitrogens with zero attached hydrogens (tertiary/aromatic N) is 6. The quantitative estimate of drug-likeness (QED) is 0.101. The summed E-state index contributed by atoms with van der Waals surface area (Å²) in [6.45, 7) is 8.96. The minimum atomic E-state index is -2.48. The van der Waals surface area contributed by atoms with Crippen LogP contribution in [0.4, 0.5) is 5.69 Å². The Bertz CT molecular complexity index is 2410. The zero-order valence-corrected chi connectivity index (χ0v) is 37.9. The number of methoxy groups -OCH3 is 1. The molecule has 4 amide bonds. The fraction of sp³-hybridized carbons (Fsp3) is 0.435. The molecule has 0 radical (unpaired) electrons. The highest BCUT2D eigenvalue weighted by molar-refractivity contribution is 7.99. The summed E-state index contributed by atoms with van der Waals surface area (Å²) in [6, 6.07) is 19.7. The Morgan fingerprint density at radius 3 is 2.45 bits per heavy atom. The molecule has 3 aromatic carbocycles. The van der Waals surface area contributed by atoms with Crippen LogP contribution in [-0.4, -0.2) is 126 Å². The predicted octanol–water partition coefficient (Wildman–Crippen LogP) is 5.62. The molecule has 8 rings (SSSR count). The molecule has 0 aliphatic carbocycles. The van der Waals surface area contributed by atoms with Gasteiger partial charge in [0.15, 0.2) is 0 Å². The minimum Gasteiger partial charge on any atom is -0.496 e. The number of anilines is 1. The number of thioether (sulfide) groups is 1. The number of amides is 4. The highest BCUT2D eigenvalue weighted by Crippen LogP contribution is 2.37. The van der Waals surface area contributed by atoms with Gasteiger partial charge in [-0.05, 0) is 68.0 Å². The first kappa shape index (κ1) is 43.9. The molecule has 0 spiro atoms. The summed E-state index contributed by atoms with van der Waals surface area (Å²) in [6.07, 6.45) is 5.69. The molecule has 0 bridgehead atoms. The molecule has 1 unspecified atom stereocenters. The van der Waals surface area contributed by atoms with Gasteiger partial charge in [0, 0.05) is 123 Å². The van der Waals surface area contributed by atoms with Gasteiger partial charge in [-0.2, -0.15) is 0 Å². The Morgan fingerprint density at radius 1 is 0.935 bits per heavy atom. The SMILES string of the molecule is COc1cc(N2CCC(N3CCN(C(=O)CCSc4ccc5c(c4)CN(C4CCC(=O)NC4=O)C5=O)CC3)CC2)ccc1Cc1ncc(Cl)c(Cc2ccccc2P(C)(C)=O)n1. The molecule has 13 nitrogen and oxygen atoms in total. The summed E-state index contributed by atoms with van der Waals surface area (Å²) in [7, 11) is -0.788. The van der Waals surface area contributed by atoms with E-state index in [0.29, 0.717) is 66.1 Å². The van der Waals surface area contributed by atoms with E-state index in [1.54, 1.807) is 43.3 Å². The van der Waals surface area contributed by atoms with Crippen LogP contribution in [0, 0.1) is 0 Å². The molecule has 4 aromatic rings. The maximum atomic E-state index is 13.2. The number of halogens is 1. The van der Waals surface area contributed by atoms with Gasteiger partial charge in [-0.25, -0.2) is 9.97 Å². The van der Waals surface area contributed by atoms with Gasteiger partial charge >= 0.3 is 0 Å². The molecule has 4 aliphatic rings. The van der Waals surface area contributed by atoms with E-state index in [0.717, 1.165) is 90.4 Å². The predicted molar refractivity (Wildman–Crippen MR) is 242 cm³/mol. The molecule has 326 valence electrons. The van der Waals surface area contributed by atoms with Crippen LogP contribution in [0.15, 0.2) is 71.8 Å². The second kappa shape index (κ2) is 18.9. The number of hydrogen-bond donors (Lipinski definition) is 1. The fourth-order valence-corrected chi connectivity index (χ4v) is 11.5. The minimum absolute atomic E-state index is 0.166. The highest BCUT2D eigenvalue weighted by atomic mass is 35.5. The Hall–Kier alpha value is -4.75. The monoisotopic (exact) mass is 897 g/mol. The summed E-state index contributed by atoms with van der Waals surface area (Å²) in [5.41, 5.74) is 5.23. The first-order chi connectivity index (χ1) is 29.8. The molecule has 4 aliphatic heterocycles. The largest absolute Gasteiger partial charge is 0.496 e. The van der Waals surface area contributed by atoms with E-state index in [2.05, 4.69) is 38.3 Å². The van der Waals surface area contributed by atoms with Crippen LogP contribution < -0.4 is 20.3 Å². The number of carbonyl (C=O) groups excluding carboxylic acids is 4. The van der Waals surface area contributed by atoms with Gasteiger partial charge in [-0.1, -0.05) is 41.9 Å². The number of rotatable bonds is 13. The van der Waals surface area contributed by atoms with E-state index in [9.17, 15) is 23.7 Å². The van der Waals surface area contributed by atoms with Crippen molar-refractivity contribution in [2.45, 2.75) is 68.5 Å². The van der Waals surface area contributed by atoms with E-state index < -0.39 is 19.1 Å². The smallest absolute Gasteiger partial charge is 0.255 e. The fourth-order valence-electron chi connectivity index (χ4n) is 9.15. The molecule has 3 fully saturated rings. The number of piperidine rings is 2. The standard InChI is InChI=1S/C46H53ClN7O6PS/c1-60-40-27-34(9-8-30(40)26-42-48-28-37(47)38(49-42)25-31-6-4-5-7-41(31)61(2,3)59)51-17-14-33(15-18-51)52-19-21-53(22-20-52)44(56)16-23-62-35-10-11-36-32(24-35)29-54(46(36)58)39-12-13-43(55)50-45(39)57/h4-11,24,27-28,33,39H,12-23,25-26,29H2,1-3H3,(H,50,55,57). The number of nitrogens with one attached hydrogen (secondary N) is 1. The number of imide groups is 1. The maximum Gasteiger partial charge on any atom is 0.255 e. The van der Waals surface area contributed by atoms with Crippen molar-refractivity contribution in [3.05, 3.63) is 106 Å². The van der Waals surface area contributed by atoms with Gasteiger partial charge < -0.3 is 24.0 Å². The van der Waals surface area contributed by atoms with E-state index in [1.807, 2.05) is 47.4 Å². The second-order valence-electron chi connectivity index (χ2n) is 16.9. The third-order valence-electron chi connectivity index (χ3n) is 12.5. The van der Waals surface area contributed by atoms with Crippen molar-refractivity contribution in [2.24, 2.45) is 0 Å². The third kappa shape index (κ3) is 9.89. The zero-order chi connectivity index (χ0) is 43.5. The van der Waals surface area contributed by atoms with Crippen molar-refractivity contribution in [3.8, 4) is 5.75 Å². The number of ether oxygens (including phenoxy) is 1. The van der Waals surface area contributed by atoms with E-state index in [1.165, 1.54) is 0 Å². The Kier molecular flexibility index (Phi) is 13.4. The van der Waals surface area contributed by atoms with E-state index in [4.69, 9.17) is 21.3 Å². The topological polar surface area (TPSA) is 145 Å². The average molecular weight is 898 g/mol. The first-order valence-electron chi connectivity index (χ1n) is 21.3. The van der Waals surface area contributed by atoms with Gasteiger partial charge in [-0.3, -0.25) is 29.4 Å². The zero-order valence-electron chi connectivity index (χ0n) is 35.5. The van der Waals surface area contributed by atoms with Gasteiger partial charge in [-0.15, -0.1) is 11.8 Å². The van der Waals surface area contributed by atoms with Crippen LogP contribution in [0.1, 0.15) is 70.7 Å². The number of carbonyl (C=O) groups is 4. The van der Waals surface area contributed by atoms with Gasteiger partial charge in [0.2, 0.25) is 17.7 Å². The van der Waals surface area contributed by atoms with Crippen molar-refractivity contribution >= 4 is 65.1 Å². The lowest BCUT2D eigenvalue weighted by Crippen LogP contribution is -2.54. The Morgan fingerprint density at radius 2 is 1.71 bits per heavy atom. The number of hydrogen-bond acceptors (Lipinski definition) is 11. The first-order valence-corrected chi connectivity index (χ1v) is 25.3. The van der Waals surface area contributed by atoms with Crippen LogP contribution in [0.5, 0.6) is 5.75 Å². The lowest BCUT2D eigenvalue weighted by Gasteiger charge is -2.43. The Labute approximate surface area is 372 Å². The van der Waals surface area contributed by atoms with Crippen molar-refractivity contribution in [1.29, 1.82) is 0 Å². The van der Waals surface area contributed by atoms with Crippen molar-refractivity contribution < 1.29 is 28.5 Å². The molecule has 62 heavy (non-hydrogen) atoms. The number of benzene rings is 3. The molecular weight excluding hydrogens is 845 g/mol. The second-order valence-corrected chi connectivity index (χ2v) is 21.6. The van der Waals surface area contributed by atoms with E-state index >= 15 is 0 Å². The molecule has 1 atom stereocenters. The maximum absolute atomic E-state index is 13.2. The van der Waals surface area contributed by atoms with Crippen LogP contribution in [0.25, 0.3) is 0 Å². The summed E-state index contributed by atoms with van der Waals surface area (Å²) in [4.78, 5) is 69.2. The van der Waals surface area contributed by atoms with Gasteiger partial charge in [0.25, 0.3) is 5.91 Å². The molecule has 1 aromatic heterocycles. The highest BCUT2D eigenvalue weighted by Gasteiger charge is 2.39. The number of piperazine rings is 1. The van der Waals surface area contributed by atoms with Crippen molar-refractivity contribution in [3.63, 3.8) is 0 Å². The molecule has 5 heterocycles. The van der Waals surface area contributed by atoms with E-state index in [-0.39, 0.29) is 24.1 Å². The van der Waals surface area contributed by atoms with Crippen LogP contribution in [0.2, 0.25) is 5.02 Å². The number of aromatic nitrogens is 2. The van der Waals surface area contributed by atoms with Gasteiger partial charge in [0.05, 0.1) is 17.8 Å². The molecular formula is C46H53ClN7O6PS. The summed E-state index contributed by atoms with van der Waals surface area (Å²) in [5.74, 6) is 1.34. The lowest BCUT2D eigenvalue weighted by molar-refractivity contribution is -0.137. The summed E-state index contributed by atoms with van der Waals surface area (Å²) >= 11 is 8.17. The Balaban J connectivity index is 0.782. The number of fused-ring (bicyclic) bond motifs is 1. The summed E-state index contributed by atoms with van der Waals surface area (Å²) < 4.78 is 18.8. The molecule has 16 heteroatoms. The third-order valence-corrected chi connectivity index (χ3v) is 15.4. The van der Waals surface area contributed by atoms with Crippen LogP contribution in [0.3, 0.4) is 0 Å². The normalized spacial score (nSPS) is 18.9.